The number of nitrogens with zero attached hydrogens (tertiary/aromatic N) is 6. The number of amides is 1. The van der Waals surface area contributed by atoms with Crippen LogP contribution in [0.25, 0.3) is 21.9 Å². The molecule has 1 aliphatic rings. The summed E-state index contributed by atoms with van der Waals surface area (Å²) in [4.78, 5) is 26.6. The quantitative estimate of drug-likeness (QED) is 0.493. The maximum atomic E-state index is 13.0. The lowest BCUT2D eigenvalue weighted by atomic mass is 10.1. The minimum absolute atomic E-state index is 0.195. The van der Waals surface area contributed by atoms with Gasteiger partial charge in [-0.25, -0.2) is 9.97 Å². The van der Waals surface area contributed by atoms with Crippen molar-refractivity contribution in [1.82, 2.24) is 24.6 Å². The Bertz CT molecular complexity index is 1320. The van der Waals surface area contributed by atoms with Crippen molar-refractivity contribution in [3.05, 3.63) is 66.7 Å². The normalized spacial score (nSPS) is 14.6. The molecule has 0 bridgehead atoms. The summed E-state index contributed by atoms with van der Waals surface area (Å²) >= 11 is 0. The summed E-state index contributed by atoms with van der Waals surface area (Å²) in [5.41, 5.74) is 2.69. The minimum Gasteiger partial charge on any atom is -0.354 e. The molecule has 1 aliphatic heterocycles. The van der Waals surface area contributed by atoms with Gasteiger partial charge in [-0.2, -0.15) is 5.10 Å². The first kappa shape index (κ1) is 22.0. The zero-order valence-corrected chi connectivity index (χ0v) is 19.8. The molecule has 1 saturated heterocycles. The Balaban J connectivity index is 1.32. The smallest absolute Gasteiger partial charge is 0.257 e. The van der Waals surface area contributed by atoms with E-state index in [1.807, 2.05) is 37.6 Å². The predicted octanol–water partition coefficient (Wildman–Crippen LogP) is 3.81. The number of fused-ring (bicyclic) bond motifs is 1. The fraction of sp³-hybridized carbons (Fsp3) is 0.308. The molecule has 1 fully saturated rings. The van der Waals surface area contributed by atoms with Crippen molar-refractivity contribution < 1.29 is 4.79 Å². The average molecular weight is 456 g/mol. The van der Waals surface area contributed by atoms with Crippen LogP contribution >= 0.6 is 0 Å². The number of hydrogen-bond donors (Lipinski definition) is 1. The van der Waals surface area contributed by atoms with Crippen LogP contribution in [0.15, 0.2) is 61.2 Å². The molecule has 0 aliphatic carbocycles. The van der Waals surface area contributed by atoms with Crippen molar-refractivity contribution in [1.29, 1.82) is 0 Å². The Morgan fingerprint density at radius 3 is 2.50 bits per heavy atom. The molecule has 5 rings (SSSR count). The van der Waals surface area contributed by atoms with Crippen molar-refractivity contribution >= 4 is 28.3 Å². The summed E-state index contributed by atoms with van der Waals surface area (Å²) < 4.78 is 1.78. The van der Waals surface area contributed by atoms with Crippen molar-refractivity contribution in [3.63, 3.8) is 0 Å². The van der Waals surface area contributed by atoms with Gasteiger partial charge in [0.05, 0.1) is 6.20 Å². The maximum Gasteiger partial charge on any atom is 0.257 e. The molecule has 0 spiro atoms. The van der Waals surface area contributed by atoms with E-state index in [0.717, 1.165) is 53.9 Å². The fourth-order valence-electron chi connectivity index (χ4n) is 4.35. The number of benzene rings is 1. The second kappa shape index (κ2) is 9.23. The third-order valence-electron chi connectivity index (χ3n) is 6.38. The van der Waals surface area contributed by atoms with Gasteiger partial charge >= 0.3 is 0 Å². The lowest BCUT2D eigenvalue weighted by molar-refractivity contribution is 0.102. The zero-order valence-electron chi connectivity index (χ0n) is 19.8. The van der Waals surface area contributed by atoms with Gasteiger partial charge in [0, 0.05) is 74.4 Å². The van der Waals surface area contributed by atoms with E-state index in [9.17, 15) is 4.79 Å². The molecular weight excluding hydrogens is 426 g/mol. The third-order valence-corrected chi connectivity index (χ3v) is 6.38. The van der Waals surface area contributed by atoms with Gasteiger partial charge in [-0.15, -0.1) is 0 Å². The summed E-state index contributed by atoms with van der Waals surface area (Å²) in [5, 5.41) is 9.21. The van der Waals surface area contributed by atoms with Gasteiger partial charge in [0.2, 0.25) is 0 Å². The van der Waals surface area contributed by atoms with Gasteiger partial charge in [0.25, 0.3) is 5.91 Å². The first-order valence-corrected chi connectivity index (χ1v) is 11.6. The highest BCUT2D eigenvalue weighted by Gasteiger charge is 2.20. The monoisotopic (exact) mass is 455 g/mol. The minimum atomic E-state index is -0.195. The highest BCUT2D eigenvalue weighted by atomic mass is 16.1. The van der Waals surface area contributed by atoms with Gasteiger partial charge < -0.3 is 10.2 Å². The largest absolute Gasteiger partial charge is 0.354 e. The van der Waals surface area contributed by atoms with Crippen molar-refractivity contribution in [2.75, 3.05) is 36.4 Å². The van der Waals surface area contributed by atoms with Crippen LogP contribution < -0.4 is 10.2 Å². The van der Waals surface area contributed by atoms with E-state index in [1.165, 1.54) is 0 Å². The first-order valence-electron chi connectivity index (χ1n) is 11.6. The molecule has 0 radical (unpaired) electrons. The number of hydrogen-bond acceptors (Lipinski definition) is 6. The molecule has 4 heterocycles. The number of carbonyl (C=O) groups is 1. The molecule has 0 unspecified atom stereocenters. The molecule has 0 atom stereocenters. The standard InChI is InChI=1S/C26H29N7O/c1-18(2)32-8-10-33(11-9-32)25-14-20(6-7-27-25)26(34)30-24-13-22-12-19(4-5-21(22)15-28-24)23-16-29-31(3)17-23/h4-7,12-18H,8-11H2,1-3H3,(H,28,30,34). The van der Waals surface area contributed by atoms with Gasteiger partial charge in [-0.3, -0.25) is 14.4 Å². The number of nitrogens with one attached hydrogen (secondary N) is 1. The molecule has 1 aromatic carbocycles. The maximum absolute atomic E-state index is 13.0. The van der Waals surface area contributed by atoms with Gasteiger partial charge in [-0.1, -0.05) is 12.1 Å². The highest BCUT2D eigenvalue weighted by Crippen LogP contribution is 2.25. The zero-order chi connectivity index (χ0) is 23.7. The van der Waals surface area contributed by atoms with Gasteiger partial charge in [0.1, 0.15) is 11.6 Å². The number of carbonyl (C=O) groups excluding carboxylic acids is 1. The van der Waals surface area contributed by atoms with E-state index in [2.05, 4.69) is 56.2 Å². The molecule has 4 aromatic rings. The number of anilines is 2. The number of piperazine rings is 1. The van der Waals surface area contributed by atoms with E-state index >= 15 is 0 Å². The summed E-state index contributed by atoms with van der Waals surface area (Å²) in [6, 6.07) is 12.2. The molecule has 3 aromatic heterocycles. The third kappa shape index (κ3) is 4.63. The second-order valence-corrected chi connectivity index (χ2v) is 9.01. The van der Waals surface area contributed by atoms with E-state index in [-0.39, 0.29) is 5.91 Å². The Kier molecular flexibility index (Phi) is 5.98. The Hall–Kier alpha value is -3.78. The Morgan fingerprint density at radius 1 is 0.941 bits per heavy atom. The second-order valence-electron chi connectivity index (χ2n) is 9.01. The lowest BCUT2D eigenvalue weighted by Gasteiger charge is -2.37. The first-order chi connectivity index (χ1) is 16.5. The van der Waals surface area contributed by atoms with Crippen LogP contribution in [-0.4, -0.2) is 62.8 Å². The molecule has 174 valence electrons. The van der Waals surface area contributed by atoms with Crippen LogP contribution in [-0.2, 0) is 7.05 Å². The topological polar surface area (TPSA) is 79.2 Å². The van der Waals surface area contributed by atoms with E-state index < -0.39 is 0 Å². The van der Waals surface area contributed by atoms with Crippen LogP contribution in [0.5, 0.6) is 0 Å². The van der Waals surface area contributed by atoms with Crippen LogP contribution in [0.3, 0.4) is 0 Å². The van der Waals surface area contributed by atoms with E-state index in [1.54, 1.807) is 23.1 Å². The molecule has 1 amide bonds. The molecule has 8 nitrogen and oxygen atoms in total. The van der Waals surface area contributed by atoms with Crippen molar-refractivity contribution in [2.24, 2.45) is 7.05 Å². The summed E-state index contributed by atoms with van der Waals surface area (Å²) in [7, 11) is 1.90. The average Bonchev–Trinajstić information content (AvgIpc) is 3.30. The number of rotatable bonds is 5. The molecule has 8 heteroatoms. The van der Waals surface area contributed by atoms with Crippen LogP contribution in [0.1, 0.15) is 24.2 Å². The molecule has 34 heavy (non-hydrogen) atoms. The van der Waals surface area contributed by atoms with Crippen molar-refractivity contribution in [3.8, 4) is 11.1 Å². The molecule has 1 N–H and O–H groups in total. The summed E-state index contributed by atoms with van der Waals surface area (Å²) in [5.74, 6) is 1.16. The number of aromatic nitrogens is 4. The Labute approximate surface area is 199 Å². The van der Waals surface area contributed by atoms with Gasteiger partial charge in [-0.05, 0) is 49.1 Å². The fourth-order valence-corrected chi connectivity index (χ4v) is 4.35. The number of pyridine rings is 2. The predicted molar refractivity (Wildman–Crippen MR) is 135 cm³/mol. The van der Waals surface area contributed by atoms with E-state index in [0.29, 0.717) is 17.4 Å². The molecule has 0 saturated carbocycles. The van der Waals surface area contributed by atoms with Crippen molar-refractivity contribution in [2.45, 2.75) is 19.9 Å². The van der Waals surface area contributed by atoms with Crippen LogP contribution in [0.4, 0.5) is 11.6 Å². The van der Waals surface area contributed by atoms with E-state index in [4.69, 9.17) is 0 Å². The number of aryl methyl sites for hydroxylation is 1. The van der Waals surface area contributed by atoms with Crippen LogP contribution in [0, 0.1) is 0 Å². The molecular formula is C26H29N7O. The van der Waals surface area contributed by atoms with Crippen LogP contribution in [0.2, 0.25) is 0 Å². The van der Waals surface area contributed by atoms with Gasteiger partial charge in [0.15, 0.2) is 0 Å². The summed E-state index contributed by atoms with van der Waals surface area (Å²) in [6.45, 7) is 8.25. The Morgan fingerprint density at radius 2 is 1.76 bits per heavy atom. The highest BCUT2D eigenvalue weighted by molar-refractivity contribution is 6.05. The summed E-state index contributed by atoms with van der Waals surface area (Å²) in [6.07, 6.45) is 7.31. The SMILES string of the molecule is CC(C)N1CCN(c2cc(C(=O)Nc3cc4cc(-c5cnn(C)c5)ccc4cn3)ccn2)CC1. The lowest BCUT2D eigenvalue weighted by Crippen LogP contribution is -2.49.